The summed E-state index contributed by atoms with van der Waals surface area (Å²) in [5.74, 6) is -0.144. The standard InChI is InChI=1S/C14H21N5O.2ClH/c1-4-14(5-2,8-15)17-13(20)10-6-11-9(3)18-19-12(11)16-7-10;;/h6-7H,4-5,8,15H2,1-3H3,(H,17,20)(H,16,18,19);2*1H. The van der Waals surface area contributed by atoms with Gasteiger partial charge < -0.3 is 11.1 Å². The van der Waals surface area contributed by atoms with E-state index >= 15 is 0 Å². The molecular weight excluding hydrogens is 325 g/mol. The molecule has 0 aliphatic rings. The highest BCUT2D eigenvalue weighted by molar-refractivity contribution is 5.97. The van der Waals surface area contributed by atoms with Gasteiger partial charge in [-0.1, -0.05) is 13.8 Å². The van der Waals surface area contributed by atoms with Crippen LogP contribution in [0.4, 0.5) is 0 Å². The SMILES string of the molecule is CCC(CC)(CN)NC(=O)c1cnc2n[nH]c(C)c2c1.Cl.Cl. The van der Waals surface area contributed by atoms with Crippen LogP contribution >= 0.6 is 24.8 Å². The van der Waals surface area contributed by atoms with Crippen LogP contribution < -0.4 is 11.1 Å². The van der Waals surface area contributed by atoms with Crippen molar-refractivity contribution in [1.29, 1.82) is 0 Å². The molecule has 124 valence electrons. The van der Waals surface area contributed by atoms with Gasteiger partial charge in [0.15, 0.2) is 5.65 Å². The van der Waals surface area contributed by atoms with Crippen molar-refractivity contribution < 1.29 is 4.79 Å². The van der Waals surface area contributed by atoms with Crippen molar-refractivity contribution in [2.45, 2.75) is 39.2 Å². The molecule has 0 atom stereocenters. The number of halogens is 2. The van der Waals surface area contributed by atoms with E-state index in [1.807, 2.05) is 26.8 Å². The molecule has 22 heavy (non-hydrogen) atoms. The predicted molar refractivity (Wildman–Crippen MR) is 93.0 cm³/mol. The number of aromatic amines is 1. The second kappa shape index (κ2) is 8.31. The zero-order chi connectivity index (χ0) is 14.8. The summed E-state index contributed by atoms with van der Waals surface area (Å²) >= 11 is 0. The largest absolute Gasteiger partial charge is 0.345 e. The van der Waals surface area contributed by atoms with Crippen LogP contribution in [-0.4, -0.2) is 33.2 Å². The first kappa shape index (κ1) is 20.6. The van der Waals surface area contributed by atoms with Crippen LogP contribution in [0.2, 0.25) is 0 Å². The number of hydrogen-bond acceptors (Lipinski definition) is 4. The van der Waals surface area contributed by atoms with Gasteiger partial charge in [0.25, 0.3) is 5.91 Å². The van der Waals surface area contributed by atoms with E-state index in [9.17, 15) is 4.79 Å². The Bertz CT molecular complexity index is 616. The number of aryl methyl sites for hydroxylation is 1. The fourth-order valence-electron chi connectivity index (χ4n) is 2.22. The molecule has 0 aromatic carbocycles. The number of hydrogen-bond donors (Lipinski definition) is 3. The average Bonchev–Trinajstić information content (AvgIpc) is 2.86. The summed E-state index contributed by atoms with van der Waals surface area (Å²) in [7, 11) is 0. The molecule has 0 saturated carbocycles. The van der Waals surface area contributed by atoms with Gasteiger partial charge in [0, 0.05) is 23.8 Å². The van der Waals surface area contributed by atoms with Crippen molar-refractivity contribution in [3.05, 3.63) is 23.5 Å². The molecule has 0 spiro atoms. The lowest BCUT2D eigenvalue weighted by atomic mass is 9.92. The maximum atomic E-state index is 12.4. The molecule has 6 nitrogen and oxygen atoms in total. The molecule has 0 radical (unpaired) electrons. The predicted octanol–water partition coefficient (Wildman–Crippen LogP) is 2.36. The summed E-state index contributed by atoms with van der Waals surface area (Å²) in [4.78, 5) is 16.6. The zero-order valence-corrected chi connectivity index (χ0v) is 14.6. The first-order chi connectivity index (χ1) is 9.55. The maximum Gasteiger partial charge on any atom is 0.253 e. The van der Waals surface area contributed by atoms with E-state index < -0.39 is 0 Å². The highest BCUT2D eigenvalue weighted by Crippen LogP contribution is 2.17. The number of rotatable bonds is 5. The molecule has 0 bridgehead atoms. The van der Waals surface area contributed by atoms with Crippen LogP contribution in [0.15, 0.2) is 12.3 Å². The number of nitrogens with zero attached hydrogens (tertiary/aromatic N) is 2. The van der Waals surface area contributed by atoms with Gasteiger partial charge >= 0.3 is 0 Å². The van der Waals surface area contributed by atoms with Gasteiger partial charge in [-0.15, -0.1) is 24.8 Å². The summed E-state index contributed by atoms with van der Waals surface area (Å²) < 4.78 is 0. The lowest BCUT2D eigenvalue weighted by Gasteiger charge is -2.31. The smallest absolute Gasteiger partial charge is 0.253 e. The molecule has 2 aromatic rings. The molecule has 0 aliphatic heterocycles. The third-order valence-electron chi connectivity index (χ3n) is 3.99. The normalized spacial score (nSPS) is 10.7. The van der Waals surface area contributed by atoms with E-state index in [0.717, 1.165) is 23.9 Å². The number of fused-ring (bicyclic) bond motifs is 1. The second-order valence-corrected chi connectivity index (χ2v) is 5.09. The fraction of sp³-hybridized carbons (Fsp3) is 0.500. The van der Waals surface area contributed by atoms with Crippen LogP contribution in [0.1, 0.15) is 42.7 Å². The number of nitrogens with two attached hydrogens (primary N) is 1. The summed E-state index contributed by atoms with van der Waals surface area (Å²) in [6.07, 6.45) is 3.14. The van der Waals surface area contributed by atoms with Crippen LogP contribution in [0, 0.1) is 6.92 Å². The molecule has 2 rings (SSSR count). The first-order valence-corrected chi connectivity index (χ1v) is 6.88. The summed E-state index contributed by atoms with van der Waals surface area (Å²) in [6, 6.07) is 1.81. The van der Waals surface area contributed by atoms with Crippen LogP contribution in [-0.2, 0) is 0 Å². The number of nitrogens with one attached hydrogen (secondary N) is 2. The Morgan fingerprint density at radius 2 is 2.00 bits per heavy atom. The van der Waals surface area contributed by atoms with Crippen LogP contribution in [0.25, 0.3) is 11.0 Å². The summed E-state index contributed by atoms with van der Waals surface area (Å²) in [5, 5.41) is 10.8. The Morgan fingerprint density at radius 3 is 2.55 bits per heavy atom. The van der Waals surface area contributed by atoms with E-state index in [1.54, 1.807) is 6.20 Å². The maximum absolute atomic E-state index is 12.4. The third kappa shape index (κ3) is 3.88. The quantitative estimate of drug-likeness (QED) is 0.773. The van der Waals surface area contributed by atoms with Crippen LogP contribution in [0.5, 0.6) is 0 Å². The number of pyridine rings is 1. The molecule has 0 aliphatic carbocycles. The minimum Gasteiger partial charge on any atom is -0.345 e. The lowest BCUT2D eigenvalue weighted by molar-refractivity contribution is 0.0895. The summed E-state index contributed by atoms with van der Waals surface area (Å²) in [5.41, 5.74) is 7.51. The second-order valence-electron chi connectivity index (χ2n) is 5.09. The Labute approximate surface area is 142 Å². The Morgan fingerprint density at radius 1 is 1.36 bits per heavy atom. The van der Waals surface area contributed by atoms with Gasteiger partial charge in [0.2, 0.25) is 0 Å². The molecule has 0 unspecified atom stereocenters. The van der Waals surface area contributed by atoms with Crippen molar-refractivity contribution >= 4 is 41.8 Å². The number of carbonyl (C=O) groups is 1. The van der Waals surface area contributed by atoms with Crippen molar-refractivity contribution in [2.24, 2.45) is 5.73 Å². The first-order valence-electron chi connectivity index (χ1n) is 6.88. The minimum atomic E-state index is -0.350. The molecular formula is C14H23Cl2N5O. The molecule has 4 N–H and O–H groups in total. The number of carbonyl (C=O) groups excluding carboxylic acids is 1. The van der Waals surface area contributed by atoms with E-state index in [-0.39, 0.29) is 36.3 Å². The van der Waals surface area contributed by atoms with Crippen molar-refractivity contribution in [3.63, 3.8) is 0 Å². The average molecular weight is 348 g/mol. The number of aromatic nitrogens is 3. The molecule has 2 heterocycles. The molecule has 0 saturated heterocycles. The Balaban J connectivity index is 0.00000220. The highest BCUT2D eigenvalue weighted by Gasteiger charge is 2.27. The highest BCUT2D eigenvalue weighted by atomic mass is 35.5. The lowest BCUT2D eigenvalue weighted by Crippen LogP contribution is -2.52. The van der Waals surface area contributed by atoms with Gasteiger partial charge in [0.05, 0.1) is 11.1 Å². The molecule has 8 heteroatoms. The van der Waals surface area contributed by atoms with Gasteiger partial charge in [-0.05, 0) is 25.8 Å². The monoisotopic (exact) mass is 347 g/mol. The summed E-state index contributed by atoms with van der Waals surface area (Å²) in [6.45, 7) is 6.38. The third-order valence-corrected chi connectivity index (χ3v) is 3.99. The fourth-order valence-corrected chi connectivity index (χ4v) is 2.22. The van der Waals surface area contributed by atoms with Crippen molar-refractivity contribution in [1.82, 2.24) is 20.5 Å². The van der Waals surface area contributed by atoms with Gasteiger partial charge in [-0.2, -0.15) is 5.10 Å². The Kier molecular flexibility index (Phi) is 7.79. The molecule has 2 aromatic heterocycles. The minimum absolute atomic E-state index is 0. The van der Waals surface area contributed by atoms with E-state index in [4.69, 9.17) is 5.73 Å². The van der Waals surface area contributed by atoms with E-state index in [0.29, 0.717) is 17.8 Å². The molecule has 1 amide bonds. The molecule has 0 fully saturated rings. The van der Waals surface area contributed by atoms with Crippen molar-refractivity contribution in [3.8, 4) is 0 Å². The topological polar surface area (TPSA) is 96.7 Å². The van der Waals surface area contributed by atoms with E-state index in [1.165, 1.54) is 0 Å². The van der Waals surface area contributed by atoms with Gasteiger partial charge in [-0.3, -0.25) is 9.89 Å². The van der Waals surface area contributed by atoms with Crippen molar-refractivity contribution in [2.75, 3.05) is 6.54 Å². The van der Waals surface area contributed by atoms with Gasteiger partial charge in [0.1, 0.15) is 0 Å². The van der Waals surface area contributed by atoms with Gasteiger partial charge in [-0.25, -0.2) is 4.98 Å². The zero-order valence-electron chi connectivity index (χ0n) is 13.0. The van der Waals surface area contributed by atoms with E-state index in [2.05, 4.69) is 20.5 Å². The number of H-pyrrole nitrogens is 1. The van der Waals surface area contributed by atoms with Crippen LogP contribution in [0.3, 0.4) is 0 Å². The number of amides is 1. The Hall–Kier alpha value is -1.37.